The molecular weight excluding hydrogens is 402 g/mol. The van der Waals surface area contributed by atoms with Crippen molar-refractivity contribution >= 4 is 11.9 Å². The maximum atomic E-state index is 12.2. The first kappa shape index (κ1) is 27.6. The molecule has 0 amide bonds. The molecule has 0 aromatic carbocycles. The molecule has 32 heavy (non-hydrogen) atoms. The van der Waals surface area contributed by atoms with E-state index in [4.69, 9.17) is 9.47 Å². The molecule has 5 heteroatoms. The number of carbonyl (C=O) groups excluding carboxylic acids is 2. The van der Waals surface area contributed by atoms with Crippen LogP contribution < -0.4 is 0 Å². The van der Waals surface area contributed by atoms with E-state index in [1.807, 2.05) is 12.2 Å². The molecule has 0 aliphatic carbocycles. The summed E-state index contributed by atoms with van der Waals surface area (Å²) in [6, 6.07) is 1.50. The lowest BCUT2D eigenvalue weighted by Crippen LogP contribution is -2.11. The van der Waals surface area contributed by atoms with Crippen LogP contribution in [-0.2, 0) is 9.47 Å². The smallest absolute Gasteiger partial charge is 0.339 e. The Kier molecular flexibility index (Phi) is 16.6. The lowest BCUT2D eigenvalue weighted by Gasteiger charge is -2.07. The van der Waals surface area contributed by atoms with E-state index in [2.05, 4.69) is 18.1 Å². The van der Waals surface area contributed by atoms with Crippen molar-refractivity contribution in [3.8, 4) is 0 Å². The van der Waals surface area contributed by atoms with Crippen molar-refractivity contribution in [2.75, 3.05) is 13.2 Å². The fourth-order valence-electron chi connectivity index (χ4n) is 3.36. The van der Waals surface area contributed by atoms with Crippen LogP contribution in [0.4, 0.5) is 0 Å². The van der Waals surface area contributed by atoms with Gasteiger partial charge < -0.3 is 9.47 Å². The van der Waals surface area contributed by atoms with Gasteiger partial charge in [0.2, 0.25) is 0 Å². The summed E-state index contributed by atoms with van der Waals surface area (Å²) in [6.07, 6.45) is 22.2. The van der Waals surface area contributed by atoms with Crippen molar-refractivity contribution < 1.29 is 19.1 Å². The molecule has 0 spiro atoms. The summed E-state index contributed by atoms with van der Waals surface area (Å²) in [5.74, 6) is -0.899. The van der Waals surface area contributed by atoms with Gasteiger partial charge in [0.05, 0.1) is 24.3 Å². The molecule has 0 atom stereocenters. The minimum atomic E-state index is -0.449. The summed E-state index contributed by atoms with van der Waals surface area (Å²) >= 11 is 0. The third kappa shape index (κ3) is 13.8. The number of rotatable bonds is 20. The zero-order valence-electron chi connectivity index (χ0n) is 19.7. The second-order valence-electron chi connectivity index (χ2n) is 8.13. The molecule has 1 aromatic heterocycles. The van der Waals surface area contributed by atoms with Crippen LogP contribution in [0.25, 0.3) is 0 Å². The molecule has 0 saturated heterocycles. The third-order valence-electron chi connectivity index (χ3n) is 5.28. The maximum Gasteiger partial charge on any atom is 0.339 e. The first-order valence-electron chi connectivity index (χ1n) is 12.2. The first-order valence-corrected chi connectivity index (χ1v) is 12.2. The van der Waals surface area contributed by atoms with Crippen molar-refractivity contribution in [2.24, 2.45) is 0 Å². The Labute approximate surface area is 194 Å². The van der Waals surface area contributed by atoms with E-state index < -0.39 is 11.9 Å². The second-order valence-corrected chi connectivity index (χ2v) is 8.13. The van der Waals surface area contributed by atoms with Gasteiger partial charge in [-0.1, -0.05) is 63.5 Å². The molecule has 5 nitrogen and oxygen atoms in total. The lowest BCUT2D eigenvalue weighted by molar-refractivity contribution is 0.0495. The van der Waals surface area contributed by atoms with Gasteiger partial charge in [0.15, 0.2) is 0 Å². The van der Waals surface area contributed by atoms with Crippen molar-refractivity contribution in [1.29, 1.82) is 0 Å². The third-order valence-corrected chi connectivity index (χ3v) is 5.28. The van der Waals surface area contributed by atoms with Gasteiger partial charge in [-0.25, -0.2) is 9.59 Å². The average Bonchev–Trinajstić information content (AvgIpc) is 2.81. The van der Waals surface area contributed by atoms with Crippen LogP contribution >= 0.6 is 0 Å². The van der Waals surface area contributed by atoms with Gasteiger partial charge in [-0.15, -0.1) is 13.2 Å². The van der Waals surface area contributed by atoms with E-state index in [9.17, 15) is 9.59 Å². The number of nitrogens with zero attached hydrogens (tertiary/aromatic N) is 1. The molecule has 0 bridgehead atoms. The topological polar surface area (TPSA) is 65.5 Å². The number of carbonyl (C=O) groups is 2. The molecule has 0 saturated carbocycles. The number of aromatic nitrogens is 1. The molecule has 0 aliphatic rings. The van der Waals surface area contributed by atoms with E-state index in [1.54, 1.807) is 0 Å². The Balaban J connectivity index is 2.18. The predicted molar refractivity (Wildman–Crippen MR) is 130 cm³/mol. The van der Waals surface area contributed by atoms with Gasteiger partial charge in [0, 0.05) is 12.4 Å². The highest BCUT2D eigenvalue weighted by Crippen LogP contribution is 2.11. The standard InChI is InChI=1S/C27H41NO4/c1-3-5-7-9-11-13-15-17-19-31-26(29)24-21-25(23-28-22-24)27(30)32-20-18-16-14-12-10-8-6-4-2/h3-4,21-23H,1-2,5-20H2. The van der Waals surface area contributed by atoms with Crippen LogP contribution in [0, 0.1) is 0 Å². The summed E-state index contributed by atoms with van der Waals surface area (Å²) < 4.78 is 10.6. The molecule has 0 N–H and O–H groups in total. The van der Waals surface area contributed by atoms with Crippen molar-refractivity contribution in [3.05, 3.63) is 54.9 Å². The van der Waals surface area contributed by atoms with Crippen LogP contribution in [0.15, 0.2) is 43.8 Å². The number of esters is 2. The molecule has 0 unspecified atom stereocenters. The zero-order chi connectivity index (χ0) is 23.3. The van der Waals surface area contributed by atoms with E-state index in [0.717, 1.165) is 51.4 Å². The molecule has 1 rings (SSSR count). The number of allylic oxidation sites excluding steroid dienone is 2. The minimum absolute atomic E-state index is 0.281. The van der Waals surface area contributed by atoms with Gasteiger partial charge in [-0.3, -0.25) is 4.98 Å². The van der Waals surface area contributed by atoms with Crippen LogP contribution in [0.2, 0.25) is 0 Å². The van der Waals surface area contributed by atoms with E-state index >= 15 is 0 Å². The molecule has 0 fully saturated rings. The number of hydrogen-bond acceptors (Lipinski definition) is 5. The lowest BCUT2D eigenvalue weighted by atomic mass is 10.1. The van der Waals surface area contributed by atoms with Crippen LogP contribution in [-0.4, -0.2) is 30.1 Å². The zero-order valence-corrected chi connectivity index (χ0v) is 19.7. The Morgan fingerprint density at radius 1 is 0.656 bits per heavy atom. The summed E-state index contributed by atoms with van der Waals surface area (Å²) in [4.78, 5) is 28.4. The van der Waals surface area contributed by atoms with Crippen LogP contribution in [0.5, 0.6) is 0 Å². The fraction of sp³-hybridized carbons (Fsp3) is 0.593. The normalized spacial score (nSPS) is 10.5. The second kappa shape index (κ2) is 19.3. The number of unbranched alkanes of at least 4 members (excludes halogenated alkanes) is 12. The minimum Gasteiger partial charge on any atom is -0.462 e. The quantitative estimate of drug-likeness (QED) is 0.121. The van der Waals surface area contributed by atoms with E-state index in [1.165, 1.54) is 57.0 Å². The monoisotopic (exact) mass is 443 g/mol. The Hall–Kier alpha value is -2.43. The van der Waals surface area contributed by atoms with Gasteiger partial charge >= 0.3 is 11.9 Å². The Bertz CT molecular complexity index is 618. The highest BCUT2D eigenvalue weighted by atomic mass is 16.5. The Morgan fingerprint density at radius 3 is 1.44 bits per heavy atom. The van der Waals surface area contributed by atoms with Crippen molar-refractivity contribution in [2.45, 2.75) is 89.9 Å². The van der Waals surface area contributed by atoms with Crippen LogP contribution in [0.1, 0.15) is 111 Å². The number of pyridine rings is 1. The molecule has 1 aromatic rings. The Morgan fingerprint density at radius 2 is 1.03 bits per heavy atom. The van der Waals surface area contributed by atoms with Crippen molar-refractivity contribution in [3.63, 3.8) is 0 Å². The van der Waals surface area contributed by atoms with E-state index in [-0.39, 0.29) is 11.1 Å². The summed E-state index contributed by atoms with van der Waals surface area (Å²) in [7, 11) is 0. The average molecular weight is 444 g/mol. The first-order chi connectivity index (χ1) is 15.7. The van der Waals surface area contributed by atoms with Crippen molar-refractivity contribution in [1.82, 2.24) is 4.98 Å². The fourth-order valence-corrected chi connectivity index (χ4v) is 3.36. The molecule has 178 valence electrons. The van der Waals surface area contributed by atoms with Gasteiger partial charge in [-0.2, -0.15) is 0 Å². The molecular formula is C27H41NO4. The largest absolute Gasteiger partial charge is 0.462 e. The maximum absolute atomic E-state index is 12.2. The molecule has 0 radical (unpaired) electrons. The predicted octanol–water partition coefficient (Wildman–Crippen LogP) is 7.23. The van der Waals surface area contributed by atoms with Crippen LogP contribution in [0.3, 0.4) is 0 Å². The van der Waals surface area contributed by atoms with Gasteiger partial charge in [-0.05, 0) is 44.6 Å². The summed E-state index contributed by atoms with van der Waals surface area (Å²) in [6.45, 7) is 8.22. The highest BCUT2D eigenvalue weighted by molar-refractivity contribution is 5.94. The van der Waals surface area contributed by atoms with E-state index in [0.29, 0.717) is 13.2 Å². The van der Waals surface area contributed by atoms with Gasteiger partial charge in [0.25, 0.3) is 0 Å². The number of hydrogen-bond donors (Lipinski definition) is 0. The highest BCUT2D eigenvalue weighted by Gasteiger charge is 2.13. The summed E-state index contributed by atoms with van der Waals surface area (Å²) in [5, 5.41) is 0. The summed E-state index contributed by atoms with van der Waals surface area (Å²) in [5.41, 5.74) is 0.562. The molecule has 0 aliphatic heterocycles. The SMILES string of the molecule is C=CCCCCCCCCOC(=O)c1cncc(C(=O)OCCCCCCCCC=C)c1. The van der Waals surface area contributed by atoms with Gasteiger partial charge in [0.1, 0.15) is 0 Å². The molecule has 1 heterocycles. The number of ether oxygens (including phenoxy) is 2.